The smallest absolute Gasteiger partial charge is 0.257 e. The number of amides is 1. The van der Waals surface area contributed by atoms with E-state index < -0.39 is 0 Å². The largest absolute Gasteiger partial charge is 0.496 e. The first-order chi connectivity index (χ1) is 20.1. The molecular formula is C32H29N3O6. The second kappa shape index (κ2) is 10.2. The number of pyridine rings is 1. The van der Waals surface area contributed by atoms with Crippen molar-refractivity contribution < 1.29 is 28.2 Å². The van der Waals surface area contributed by atoms with E-state index >= 15 is 0 Å². The van der Waals surface area contributed by atoms with Gasteiger partial charge in [-0.15, -0.1) is 0 Å². The molecule has 3 aliphatic rings. The second-order valence-corrected chi connectivity index (χ2v) is 11.0. The highest BCUT2D eigenvalue weighted by Crippen LogP contribution is 2.40. The SMILES string of the molecule is COc1cc(-c2cc3nccc(-c4ccc(OC5CCOCC5)c(C#N)c4)c3o2)ccc1C(=O)N1CC2(COC2)C1. The van der Waals surface area contributed by atoms with E-state index in [9.17, 15) is 10.1 Å². The zero-order chi connectivity index (χ0) is 28.0. The summed E-state index contributed by atoms with van der Waals surface area (Å²) in [5.41, 5.74) is 4.85. The third-order valence-corrected chi connectivity index (χ3v) is 8.16. The molecule has 0 N–H and O–H groups in total. The fraction of sp³-hybridized carbons (Fsp3) is 0.344. The summed E-state index contributed by atoms with van der Waals surface area (Å²) in [7, 11) is 1.56. The number of benzene rings is 2. The minimum Gasteiger partial charge on any atom is -0.496 e. The average Bonchev–Trinajstić information content (AvgIpc) is 3.41. The normalized spacial score (nSPS) is 18.0. The number of aromatic nitrogens is 1. The summed E-state index contributed by atoms with van der Waals surface area (Å²) < 4.78 is 28.8. The van der Waals surface area contributed by atoms with Gasteiger partial charge in [-0.25, -0.2) is 0 Å². The molecule has 9 heteroatoms. The van der Waals surface area contributed by atoms with Crippen LogP contribution in [0.2, 0.25) is 0 Å². The van der Waals surface area contributed by atoms with Crippen LogP contribution in [-0.4, -0.2) is 68.5 Å². The van der Waals surface area contributed by atoms with Crippen molar-refractivity contribution in [3.8, 4) is 40.0 Å². The number of nitrogens with zero attached hydrogens (tertiary/aromatic N) is 3. The van der Waals surface area contributed by atoms with E-state index in [0.717, 1.165) is 42.7 Å². The van der Waals surface area contributed by atoms with Crippen LogP contribution < -0.4 is 9.47 Å². The molecule has 0 unspecified atom stereocenters. The predicted octanol–water partition coefficient (Wildman–Crippen LogP) is 5.07. The third-order valence-electron chi connectivity index (χ3n) is 8.16. The molecule has 0 bridgehead atoms. The molecule has 4 aromatic rings. The lowest BCUT2D eigenvalue weighted by atomic mass is 9.77. The Labute approximate surface area is 237 Å². The Morgan fingerprint density at radius 3 is 2.56 bits per heavy atom. The van der Waals surface area contributed by atoms with Crippen LogP contribution in [0.4, 0.5) is 0 Å². The minimum absolute atomic E-state index is 0.0422. The Balaban J connectivity index is 1.17. The number of carbonyl (C=O) groups is 1. The van der Waals surface area contributed by atoms with Crippen molar-refractivity contribution in [3.63, 3.8) is 0 Å². The van der Waals surface area contributed by atoms with Crippen molar-refractivity contribution in [1.29, 1.82) is 5.26 Å². The summed E-state index contributed by atoms with van der Waals surface area (Å²) in [6.45, 7) is 4.21. The third kappa shape index (κ3) is 4.59. The van der Waals surface area contributed by atoms with Crippen molar-refractivity contribution in [2.45, 2.75) is 18.9 Å². The Bertz CT molecular complexity index is 1670. The average molecular weight is 552 g/mol. The molecule has 3 fully saturated rings. The fourth-order valence-electron chi connectivity index (χ4n) is 5.84. The van der Waals surface area contributed by atoms with Crippen LogP contribution >= 0.6 is 0 Å². The fourth-order valence-corrected chi connectivity index (χ4v) is 5.84. The van der Waals surface area contributed by atoms with Crippen LogP contribution in [0.1, 0.15) is 28.8 Å². The highest BCUT2D eigenvalue weighted by atomic mass is 16.5. The number of likely N-dealkylation sites (tertiary alicyclic amines) is 1. The molecule has 0 atom stereocenters. The molecule has 0 saturated carbocycles. The summed E-state index contributed by atoms with van der Waals surface area (Å²) in [6.07, 6.45) is 3.38. The van der Waals surface area contributed by atoms with Crippen LogP contribution in [0.5, 0.6) is 11.5 Å². The van der Waals surface area contributed by atoms with Crippen LogP contribution in [0.25, 0.3) is 33.6 Å². The van der Waals surface area contributed by atoms with Gasteiger partial charge in [-0.3, -0.25) is 9.78 Å². The van der Waals surface area contributed by atoms with Gasteiger partial charge in [-0.05, 0) is 35.9 Å². The maximum atomic E-state index is 13.1. The van der Waals surface area contributed by atoms with E-state index in [4.69, 9.17) is 23.4 Å². The molecule has 41 heavy (non-hydrogen) atoms. The molecule has 7 rings (SSSR count). The Morgan fingerprint density at radius 2 is 1.83 bits per heavy atom. The minimum atomic E-state index is -0.0444. The quantitative estimate of drug-likeness (QED) is 0.327. The number of carbonyl (C=O) groups excluding carboxylic acids is 1. The van der Waals surface area contributed by atoms with E-state index in [-0.39, 0.29) is 17.4 Å². The van der Waals surface area contributed by atoms with Crippen molar-refractivity contribution >= 4 is 17.0 Å². The maximum absolute atomic E-state index is 13.1. The van der Waals surface area contributed by atoms with Crippen molar-refractivity contribution in [2.75, 3.05) is 46.6 Å². The molecule has 9 nitrogen and oxygen atoms in total. The zero-order valence-electron chi connectivity index (χ0n) is 22.7. The first-order valence-corrected chi connectivity index (χ1v) is 13.8. The molecule has 0 radical (unpaired) electrons. The van der Waals surface area contributed by atoms with E-state index in [0.29, 0.717) is 65.8 Å². The monoisotopic (exact) mass is 551 g/mol. The number of furan rings is 1. The molecular weight excluding hydrogens is 522 g/mol. The molecule has 0 aliphatic carbocycles. The van der Waals surface area contributed by atoms with E-state index in [2.05, 4.69) is 11.1 Å². The van der Waals surface area contributed by atoms with E-state index in [1.807, 2.05) is 47.4 Å². The summed E-state index contributed by atoms with van der Waals surface area (Å²) in [5.74, 6) is 1.62. The molecule has 2 aromatic carbocycles. The molecule has 3 aliphatic heterocycles. The van der Waals surface area contributed by atoms with Crippen molar-refractivity contribution in [3.05, 3.63) is 65.9 Å². The van der Waals surface area contributed by atoms with Gasteiger partial charge in [0.25, 0.3) is 5.91 Å². The topological polar surface area (TPSA) is 107 Å². The number of hydrogen-bond donors (Lipinski definition) is 0. The summed E-state index contributed by atoms with van der Waals surface area (Å²) in [4.78, 5) is 19.5. The van der Waals surface area contributed by atoms with Crippen LogP contribution in [0.15, 0.2) is 59.1 Å². The first-order valence-electron chi connectivity index (χ1n) is 13.8. The molecule has 3 saturated heterocycles. The summed E-state index contributed by atoms with van der Waals surface area (Å²) in [6, 6.07) is 17.1. The number of fused-ring (bicyclic) bond motifs is 1. The number of nitriles is 1. The number of rotatable bonds is 6. The lowest BCUT2D eigenvalue weighted by Crippen LogP contribution is -2.67. The van der Waals surface area contributed by atoms with Gasteiger partial charge in [0.1, 0.15) is 34.9 Å². The van der Waals surface area contributed by atoms with Gasteiger partial charge < -0.3 is 28.3 Å². The second-order valence-electron chi connectivity index (χ2n) is 11.0. The maximum Gasteiger partial charge on any atom is 0.257 e. The Kier molecular flexibility index (Phi) is 6.37. The van der Waals surface area contributed by atoms with Crippen molar-refractivity contribution in [1.82, 2.24) is 9.88 Å². The highest BCUT2D eigenvalue weighted by Gasteiger charge is 2.51. The number of methoxy groups -OCH3 is 1. The van der Waals surface area contributed by atoms with Crippen LogP contribution in [0, 0.1) is 16.7 Å². The van der Waals surface area contributed by atoms with Gasteiger partial charge in [-0.1, -0.05) is 12.1 Å². The van der Waals surface area contributed by atoms with Gasteiger partial charge in [0, 0.05) is 49.3 Å². The van der Waals surface area contributed by atoms with Crippen LogP contribution in [0.3, 0.4) is 0 Å². The Hall–Kier alpha value is -4.39. The van der Waals surface area contributed by atoms with Gasteiger partial charge >= 0.3 is 0 Å². The van der Waals surface area contributed by atoms with Gasteiger partial charge in [0.2, 0.25) is 0 Å². The molecule has 1 amide bonds. The predicted molar refractivity (Wildman–Crippen MR) is 150 cm³/mol. The zero-order valence-corrected chi connectivity index (χ0v) is 22.7. The van der Waals surface area contributed by atoms with Gasteiger partial charge in [-0.2, -0.15) is 5.26 Å². The van der Waals surface area contributed by atoms with Gasteiger partial charge in [0.05, 0.1) is 50.1 Å². The number of hydrogen-bond acceptors (Lipinski definition) is 8. The van der Waals surface area contributed by atoms with Crippen LogP contribution in [-0.2, 0) is 9.47 Å². The molecule has 1 spiro atoms. The van der Waals surface area contributed by atoms with E-state index in [1.165, 1.54) is 0 Å². The molecule has 5 heterocycles. The Morgan fingerprint density at radius 1 is 1.02 bits per heavy atom. The number of ether oxygens (including phenoxy) is 4. The summed E-state index contributed by atoms with van der Waals surface area (Å²) >= 11 is 0. The first kappa shape index (κ1) is 25.6. The molecule has 208 valence electrons. The summed E-state index contributed by atoms with van der Waals surface area (Å²) in [5, 5.41) is 9.86. The lowest BCUT2D eigenvalue weighted by Gasteiger charge is -2.54. The van der Waals surface area contributed by atoms with Gasteiger partial charge in [0.15, 0.2) is 5.58 Å². The van der Waals surface area contributed by atoms with E-state index in [1.54, 1.807) is 19.4 Å². The molecule has 2 aromatic heterocycles. The lowest BCUT2D eigenvalue weighted by molar-refractivity contribution is -0.176. The standard InChI is InChI=1S/C32H29N3O6/c1-37-29-13-21(2-4-25(29)31(36)35-16-32(17-35)18-39-19-32)28-14-26-30(41-28)24(6-9-34-26)20-3-5-27(22(12-20)15-33)40-23-7-10-38-11-8-23/h2-6,9,12-14,23H,7-8,10-11,16-19H2,1H3. The van der Waals surface area contributed by atoms with Crippen molar-refractivity contribution in [2.24, 2.45) is 5.41 Å². The highest BCUT2D eigenvalue weighted by molar-refractivity contribution is 5.98.